The molecule has 2 amide bonds. The highest BCUT2D eigenvalue weighted by Crippen LogP contribution is 2.49. The molecule has 3 atom stereocenters. The highest BCUT2D eigenvalue weighted by atomic mass is 19.1. The van der Waals surface area contributed by atoms with Gasteiger partial charge in [0.05, 0.1) is 29.5 Å². The minimum Gasteiger partial charge on any atom is -0.460 e. The van der Waals surface area contributed by atoms with Crippen molar-refractivity contribution in [3.8, 4) is 6.07 Å². The molecule has 0 radical (unpaired) electrons. The molecule has 2 N–H and O–H groups in total. The summed E-state index contributed by atoms with van der Waals surface area (Å²) in [7, 11) is 0. The molecule has 9 heteroatoms. The van der Waals surface area contributed by atoms with Gasteiger partial charge in [-0.3, -0.25) is 9.59 Å². The molecule has 186 valence electrons. The van der Waals surface area contributed by atoms with Gasteiger partial charge >= 0.3 is 0 Å². The summed E-state index contributed by atoms with van der Waals surface area (Å²) in [5, 5.41) is 16.0. The van der Waals surface area contributed by atoms with Crippen molar-refractivity contribution in [2.24, 2.45) is 11.3 Å². The Balaban J connectivity index is 1.32. The smallest absolute Gasteiger partial charge is 0.227 e. The lowest BCUT2D eigenvalue weighted by Crippen LogP contribution is -2.52. The van der Waals surface area contributed by atoms with E-state index in [2.05, 4.69) is 30.6 Å². The Hall–Kier alpha value is -3.93. The van der Waals surface area contributed by atoms with Crippen molar-refractivity contribution in [2.45, 2.75) is 38.8 Å². The Bertz CT molecular complexity index is 1390. The number of nitrogens with one attached hydrogen (secondary N) is 2. The summed E-state index contributed by atoms with van der Waals surface area (Å²) in [6, 6.07) is 10.7. The van der Waals surface area contributed by atoms with Crippen LogP contribution in [0.2, 0.25) is 0 Å². The summed E-state index contributed by atoms with van der Waals surface area (Å²) in [6.45, 7) is 5.08. The van der Waals surface area contributed by atoms with Crippen LogP contribution in [0.3, 0.4) is 0 Å². The van der Waals surface area contributed by atoms with E-state index in [1.54, 1.807) is 11.0 Å². The summed E-state index contributed by atoms with van der Waals surface area (Å²) in [5.41, 5.74) is 2.03. The molecule has 0 saturated carbocycles. The van der Waals surface area contributed by atoms with Gasteiger partial charge in [0.2, 0.25) is 12.3 Å². The number of halogens is 2. The normalized spacial score (nSPS) is 20.9. The molecule has 0 bridgehead atoms. The molecule has 3 heterocycles. The first-order chi connectivity index (χ1) is 17.2. The molecule has 5 rings (SSSR count). The van der Waals surface area contributed by atoms with Crippen LogP contribution in [0.4, 0.5) is 14.5 Å². The zero-order valence-electron chi connectivity index (χ0n) is 20.0. The lowest BCUT2D eigenvalue weighted by molar-refractivity contribution is -0.121. The van der Waals surface area contributed by atoms with E-state index in [0.717, 1.165) is 36.2 Å². The first-order valence-corrected chi connectivity index (χ1v) is 11.9. The minimum atomic E-state index is -0.740. The second-order valence-electron chi connectivity index (χ2n) is 10.2. The van der Waals surface area contributed by atoms with Crippen LogP contribution in [0.5, 0.6) is 0 Å². The van der Waals surface area contributed by atoms with Gasteiger partial charge < -0.3 is 20.0 Å². The third-order valence-corrected chi connectivity index (χ3v) is 7.38. The second-order valence-corrected chi connectivity index (χ2v) is 10.2. The summed E-state index contributed by atoms with van der Waals surface area (Å²) in [5.74, 6) is -1.41. The van der Waals surface area contributed by atoms with Gasteiger partial charge in [-0.05, 0) is 36.2 Å². The van der Waals surface area contributed by atoms with Gasteiger partial charge in [-0.2, -0.15) is 5.26 Å². The van der Waals surface area contributed by atoms with E-state index < -0.39 is 17.0 Å². The Morgan fingerprint density at radius 2 is 2.11 bits per heavy atom. The third-order valence-electron chi connectivity index (χ3n) is 7.38. The predicted molar refractivity (Wildman–Crippen MR) is 129 cm³/mol. The van der Waals surface area contributed by atoms with Crippen molar-refractivity contribution < 1.29 is 22.8 Å². The molecule has 1 saturated heterocycles. The monoisotopic (exact) mass is 492 g/mol. The van der Waals surface area contributed by atoms with Crippen LogP contribution in [0, 0.1) is 34.3 Å². The number of nitrogens with zero attached hydrogens (tertiary/aromatic N) is 2. The fraction of sp³-hybridized carbons (Fsp3) is 0.370. The van der Waals surface area contributed by atoms with Crippen LogP contribution >= 0.6 is 0 Å². The van der Waals surface area contributed by atoms with Crippen molar-refractivity contribution in [1.82, 2.24) is 10.2 Å². The van der Waals surface area contributed by atoms with Gasteiger partial charge in [0, 0.05) is 48.3 Å². The van der Waals surface area contributed by atoms with Gasteiger partial charge in [0.25, 0.3) is 0 Å². The Labute approximate surface area is 207 Å². The fourth-order valence-corrected chi connectivity index (χ4v) is 5.64. The van der Waals surface area contributed by atoms with Gasteiger partial charge in [-0.1, -0.05) is 13.8 Å². The number of carbonyl (C=O) groups is 2. The highest BCUT2D eigenvalue weighted by Gasteiger charge is 2.48. The van der Waals surface area contributed by atoms with E-state index in [4.69, 9.17) is 4.42 Å². The van der Waals surface area contributed by atoms with Gasteiger partial charge in [0.15, 0.2) is 0 Å². The summed E-state index contributed by atoms with van der Waals surface area (Å²) >= 11 is 0. The number of furan rings is 1. The van der Waals surface area contributed by atoms with E-state index in [1.807, 2.05) is 12.1 Å². The zero-order chi connectivity index (χ0) is 25.6. The Morgan fingerprint density at radius 3 is 2.86 bits per heavy atom. The van der Waals surface area contributed by atoms with Crippen LogP contribution in [0.25, 0.3) is 11.0 Å². The molecule has 3 aromatic rings. The molecule has 3 unspecified atom stereocenters. The van der Waals surface area contributed by atoms with E-state index in [-0.39, 0.29) is 47.1 Å². The van der Waals surface area contributed by atoms with Crippen LogP contribution in [0.15, 0.2) is 40.8 Å². The molecule has 1 aromatic heterocycles. The van der Waals surface area contributed by atoms with E-state index in [1.165, 1.54) is 6.07 Å². The van der Waals surface area contributed by atoms with E-state index in [9.17, 15) is 23.6 Å². The average molecular weight is 493 g/mol. The number of hydrogen-bond donors (Lipinski definition) is 2. The molecule has 1 fully saturated rings. The van der Waals surface area contributed by atoms with Crippen molar-refractivity contribution in [2.75, 3.05) is 18.4 Å². The number of rotatable bonds is 6. The molecular formula is C27H26F2N4O3. The molecule has 2 aliphatic heterocycles. The second kappa shape index (κ2) is 8.94. The molecule has 2 aromatic carbocycles. The standard InChI is InChI=1S/C27H26F2N4O3/c1-27(2,13-31-24(35)11-17-10-19-21(29)8-16(28)9-23(19)36-17)26-18-5-6-33(14-34)25(18)20-7-15(12-30)3-4-22(20)32-26/h3-4,7-10,14,18,25-26,32H,5-6,11,13H2,1-2H3,(H,31,35). The third kappa shape index (κ3) is 4.17. The number of nitriles is 1. The lowest BCUT2D eigenvalue weighted by Gasteiger charge is -2.46. The van der Waals surface area contributed by atoms with Crippen molar-refractivity contribution in [3.63, 3.8) is 0 Å². The van der Waals surface area contributed by atoms with Crippen LogP contribution in [-0.4, -0.2) is 36.3 Å². The topological polar surface area (TPSA) is 98.4 Å². The van der Waals surface area contributed by atoms with Crippen LogP contribution in [0.1, 0.15) is 43.2 Å². The number of carbonyl (C=O) groups excluding carboxylic acids is 2. The number of benzene rings is 2. The van der Waals surface area contributed by atoms with Crippen molar-refractivity contribution in [3.05, 3.63) is 64.9 Å². The molecule has 2 aliphatic rings. The Kier molecular flexibility index (Phi) is 5.91. The molecule has 7 nitrogen and oxygen atoms in total. The number of hydrogen-bond acceptors (Lipinski definition) is 5. The van der Waals surface area contributed by atoms with Crippen molar-refractivity contribution >= 4 is 29.0 Å². The van der Waals surface area contributed by atoms with Crippen molar-refractivity contribution in [1.29, 1.82) is 5.26 Å². The number of likely N-dealkylation sites (tertiary alicyclic amines) is 1. The van der Waals surface area contributed by atoms with Crippen LogP contribution < -0.4 is 10.6 Å². The Morgan fingerprint density at radius 1 is 1.31 bits per heavy atom. The maximum absolute atomic E-state index is 14.0. The maximum Gasteiger partial charge on any atom is 0.227 e. The van der Waals surface area contributed by atoms with E-state index >= 15 is 0 Å². The molecular weight excluding hydrogens is 466 g/mol. The predicted octanol–water partition coefficient (Wildman–Crippen LogP) is 4.28. The molecule has 36 heavy (non-hydrogen) atoms. The summed E-state index contributed by atoms with van der Waals surface area (Å²) in [6.07, 6.45) is 1.57. The highest BCUT2D eigenvalue weighted by molar-refractivity contribution is 5.82. The number of fused-ring (bicyclic) bond motifs is 4. The average Bonchev–Trinajstić information content (AvgIpc) is 3.46. The first-order valence-electron chi connectivity index (χ1n) is 11.9. The van der Waals surface area contributed by atoms with E-state index in [0.29, 0.717) is 18.7 Å². The summed E-state index contributed by atoms with van der Waals surface area (Å²) < 4.78 is 32.9. The summed E-state index contributed by atoms with van der Waals surface area (Å²) in [4.78, 5) is 26.3. The fourth-order valence-electron chi connectivity index (χ4n) is 5.64. The molecule has 0 spiro atoms. The largest absolute Gasteiger partial charge is 0.460 e. The minimum absolute atomic E-state index is 0.0449. The van der Waals surface area contributed by atoms with Crippen LogP contribution in [-0.2, 0) is 16.0 Å². The van der Waals surface area contributed by atoms with Gasteiger partial charge in [-0.15, -0.1) is 0 Å². The zero-order valence-corrected chi connectivity index (χ0v) is 20.0. The van der Waals surface area contributed by atoms with Gasteiger partial charge in [0.1, 0.15) is 23.0 Å². The molecule has 0 aliphatic carbocycles. The number of amides is 2. The maximum atomic E-state index is 14.0. The lowest BCUT2D eigenvalue weighted by atomic mass is 9.70. The SMILES string of the molecule is CC(C)(CNC(=O)Cc1cc2c(F)cc(F)cc2o1)C1Nc2ccc(C#N)cc2C2C1CCN2C=O. The first kappa shape index (κ1) is 23.8. The van der Waals surface area contributed by atoms with Gasteiger partial charge in [-0.25, -0.2) is 8.78 Å². The quantitative estimate of drug-likeness (QED) is 0.501. The number of anilines is 1.